The van der Waals surface area contributed by atoms with Crippen LogP contribution in [-0.2, 0) is 11.3 Å². The molecule has 8 heteroatoms. The number of benzene rings is 3. The standard InChI is InChI=1S/C27H24FN3O4/c1-3-23(25(33)29-16-18-11-13-20(28)14-12-18)31-24-10-5-4-9-22(24)26(34)30(27(31)35)21-8-6-7-19(15-21)17(2)32/h4-15,23H,3,16H2,1-2H3,(H,29,33). The van der Waals surface area contributed by atoms with E-state index in [4.69, 9.17) is 0 Å². The number of rotatable bonds is 7. The summed E-state index contributed by atoms with van der Waals surface area (Å²) in [5.41, 5.74) is 0.428. The highest BCUT2D eigenvalue weighted by Gasteiger charge is 2.25. The van der Waals surface area contributed by atoms with Gasteiger partial charge in [0, 0.05) is 12.1 Å². The number of carbonyl (C=O) groups is 2. The highest BCUT2D eigenvalue weighted by Crippen LogP contribution is 2.18. The Morgan fingerprint density at radius 3 is 2.37 bits per heavy atom. The third-order valence-corrected chi connectivity index (χ3v) is 5.89. The first-order valence-electron chi connectivity index (χ1n) is 11.2. The number of Topliss-reactive ketones (excluding diaryl/α,β-unsaturated/α-hetero) is 1. The zero-order valence-electron chi connectivity index (χ0n) is 19.3. The zero-order valence-corrected chi connectivity index (χ0v) is 19.3. The lowest BCUT2D eigenvalue weighted by Crippen LogP contribution is -2.44. The molecule has 0 aliphatic heterocycles. The molecule has 0 saturated carbocycles. The number of nitrogens with zero attached hydrogens (tertiary/aromatic N) is 2. The number of fused-ring (bicyclic) bond motifs is 1. The third kappa shape index (κ3) is 4.68. The summed E-state index contributed by atoms with van der Waals surface area (Å²) in [5, 5.41) is 3.07. The van der Waals surface area contributed by atoms with Crippen molar-refractivity contribution in [3.05, 3.63) is 111 Å². The van der Waals surface area contributed by atoms with E-state index in [-0.39, 0.29) is 35.6 Å². The predicted octanol–water partition coefficient (Wildman–Crippen LogP) is 3.76. The van der Waals surface area contributed by atoms with Crippen LogP contribution in [-0.4, -0.2) is 20.8 Å². The molecule has 4 aromatic rings. The number of para-hydroxylation sites is 1. The molecule has 0 radical (unpaired) electrons. The summed E-state index contributed by atoms with van der Waals surface area (Å²) in [6.07, 6.45) is 0.283. The molecule has 1 atom stereocenters. The summed E-state index contributed by atoms with van der Waals surface area (Å²) in [6, 6.07) is 17.7. The van der Waals surface area contributed by atoms with E-state index in [9.17, 15) is 23.6 Å². The molecule has 1 heterocycles. The van der Waals surface area contributed by atoms with Crippen molar-refractivity contribution in [1.82, 2.24) is 14.5 Å². The van der Waals surface area contributed by atoms with Crippen molar-refractivity contribution in [2.24, 2.45) is 0 Å². The molecule has 0 spiro atoms. The number of amides is 1. The van der Waals surface area contributed by atoms with Gasteiger partial charge in [0.25, 0.3) is 5.56 Å². The van der Waals surface area contributed by atoms with Gasteiger partial charge in [-0.15, -0.1) is 0 Å². The van der Waals surface area contributed by atoms with E-state index in [0.717, 1.165) is 4.57 Å². The maximum atomic E-state index is 13.7. The molecule has 4 rings (SSSR count). The van der Waals surface area contributed by atoms with Gasteiger partial charge in [0.05, 0.1) is 16.6 Å². The van der Waals surface area contributed by atoms with Crippen molar-refractivity contribution in [3.8, 4) is 5.69 Å². The quantitative estimate of drug-likeness (QED) is 0.414. The molecule has 1 amide bonds. The van der Waals surface area contributed by atoms with Gasteiger partial charge in [-0.05, 0) is 55.3 Å². The van der Waals surface area contributed by atoms with Crippen molar-refractivity contribution < 1.29 is 14.0 Å². The van der Waals surface area contributed by atoms with Crippen LogP contribution in [0.5, 0.6) is 0 Å². The van der Waals surface area contributed by atoms with Crippen molar-refractivity contribution in [3.63, 3.8) is 0 Å². The first kappa shape index (κ1) is 23.8. The second-order valence-electron chi connectivity index (χ2n) is 8.19. The Hall–Kier alpha value is -4.33. The van der Waals surface area contributed by atoms with Crippen LogP contribution in [0, 0.1) is 5.82 Å². The lowest BCUT2D eigenvalue weighted by Gasteiger charge is -2.22. The topological polar surface area (TPSA) is 90.2 Å². The van der Waals surface area contributed by atoms with Gasteiger partial charge in [0.1, 0.15) is 11.9 Å². The van der Waals surface area contributed by atoms with E-state index in [1.54, 1.807) is 61.5 Å². The summed E-state index contributed by atoms with van der Waals surface area (Å²) in [4.78, 5) is 52.2. The second-order valence-corrected chi connectivity index (χ2v) is 8.19. The first-order chi connectivity index (χ1) is 16.8. The summed E-state index contributed by atoms with van der Waals surface area (Å²) >= 11 is 0. The van der Waals surface area contributed by atoms with Gasteiger partial charge in [-0.3, -0.25) is 19.0 Å². The van der Waals surface area contributed by atoms with Gasteiger partial charge in [-0.25, -0.2) is 13.8 Å². The molecule has 1 N–H and O–H groups in total. The summed E-state index contributed by atoms with van der Waals surface area (Å²) < 4.78 is 15.5. The number of carbonyl (C=O) groups excluding carboxylic acids is 2. The van der Waals surface area contributed by atoms with E-state index >= 15 is 0 Å². The molecule has 0 aliphatic carbocycles. The molecule has 0 bridgehead atoms. The first-order valence-corrected chi connectivity index (χ1v) is 11.2. The van der Waals surface area contributed by atoms with Gasteiger partial charge in [-0.1, -0.05) is 43.3 Å². The monoisotopic (exact) mass is 473 g/mol. The SMILES string of the molecule is CCC(C(=O)NCc1ccc(F)cc1)n1c(=O)n(-c2cccc(C(C)=O)c2)c(=O)c2ccccc21. The number of aromatic nitrogens is 2. The lowest BCUT2D eigenvalue weighted by molar-refractivity contribution is -0.124. The van der Waals surface area contributed by atoms with Crippen LogP contribution < -0.4 is 16.6 Å². The smallest absolute Gasteiger partial charge is 0.336 e. The molecule has 178 valence electrons. The van der Waals surface area contributed by atoms with E-state index in [1.165, 1.54) is 29.7 Å². The fourth-order valence-electron chi connectivity index (χ4n) is 4.07. The number of ketones is 1. The Bertz CT molecular complexity index is 1540. The van der Waals surface area contributed by atoms with Crippen LogP contribution >= 0.6 is 0 Å². The molecule has 3 aromatic carbocycles. The molecule has 7 nitrogen and oxygen atoms in total. The molecular formula is C27H24FN3O4. The zero-order chi connectivity index (χ0) is 25.1. The maximum Gasteiger partial charge on any atom is 0.336 e. The molecular weight excluding hydrogens is 449 g/mol. The number of halogens is 1. The van der Waals surface area contributed by atoms with Crippen LogP contribution in [0.15, 0.2) is 82.4 Å². The van der Waals surface area contributed by atoms with Gasteiger partial charge in [0.2, 0.25) is 5.91 Å². The predicted molar refractivity (Wildman–Crippen MR) is 131 cm³/mol. The fourth-order valence-corrected chi connectivity index (χ4v) is 4.07. The van der Waals surface area contributed by atoms with Crippen molar-refractivity contribution in [1.29, 1.82) is 0 Å². The largest absolute Gasteiger partial charge is 0.350 e. The van der Waals surface area contributed by atoms with E-state index in [1.807, 2.05) is 0 Å². The van der Waals surface area contributed by atoms with Gasteiger partial charge in [0.15, 0.2) is 5.78 Å². The Kier molecular flexibility index (Phi) is 6.73. The molecule has 0 fully saturated rings. The number of hydrogen-bond donors (Lipinski definition) is 1. The Morgan fingerprint density at radius 1 is 0.971 bits per heavy atom. The molecule has 1 unspecified atom stereocenters. The minimum atomic E-state index is -0.907. The summed E-state index contributed by atoms with van der Waals surface area (Å²) in [7, 11) is 0. The van der Waals surface area contributed by atoms with Crippen LogP contribution in [0.25, 0.3) is 16.6 Å². The molecule has 1 aromatic heterocycles. The van der Waals surface area contributed by atoms with Crippen molar-refractivity contribution >= 4 is 22.6 Å². The minimum absolute atomic E-state index is 0.155. The maximum absolute atomic E-state index is 13.7. The second kappa shape index (κ2) is 9.89. The highest BCUT2D eigenvalue weighted by atomic mass is 19.1. The number of hydrogen-bond acceptors (Lipinski definition) is 4. The van der Waals surface area contributed by atoms with Crippen molar-refractivity contribution in [2.45, 2.75) is 32.9 Å². The Balaban J connectivity index is 1.84. The summed E-state index contributed by atoms with van der Waals surface area (Å²) in [5.74, 6) is -0.986. The molecule has 0 saturated heterocycles. The highest BCUT2D eigenvalue weighted by molar-refractivity contribution is 5.94. The van der Waals surface area contributed by atoms with Crippen LogP contribution in [0.1, 0.15) is 42.2 Å². The summed E-state index contributed by atoms with van der Waals surface area (Å²) in [6.45, 7) is 3.33. The average molecular weight is 474 g/mol. The lowest BCUT2D eigenvalue weighted by atomic mass is 10.1. The Morgan fingerprint density at radius 2 is 1.69 bits per heavy atom. The van der Waals surface area contributed by atoms with Gasteiger partial charge >= 0.3 is 5.69 Å². The van der Waals surface area contributed by atoms with E-state index in [2.05, 4.69) is 5.32 Å². The third-order valence-electron chi connectivity index (χ3n) is 5.89. The van der Waals surface area contributed by atoms with Gasteiger partial charge in [-0.2, -0.15) is 0 Å². The van der Waals surface area contributed by atoms with Crippen LogP contribution in [0.2, 0.25) is 0 Å². The van der Waals surface area contributed by atoms with Crippen LogP contribution in [0.4, 0.5) is 4.39 Å². The van der Waals surface area contributed by atoms with E-state index < -0.39 is 23.2 Å². The minimum Gasteiger partial charge on any atom is -0.350 e. The fraction of sp³-hybridized carbons (Fsp3) is 0.185. The molecule has 35 heavy (non-hydrogen) atoms. The Labute approximate surface area is 200 Å². The average Bonchev–Trinajstić information content (AvgIpc) is 2.86. The normalized spacial score (nSPS) is 11.9. The van der Waals surface area contributed by atoms with Gasteiger partial charge < -0.3 is 5.32 Å². The van der Waals surface area contributed by atoms with Crippen molar-refractivity contribution in [2.75, 3.05) is 0 Å². The molecule has 0 aliphatic rings. The van der Waals surface area contributed by atoms with E-state index in [0.29, 0.717) is 16.6 Å². The number of nitrogens with one attached hydrogen (secondary N) is 1. The van der Waals surface area contributed by atoms with Crippen LogP contribution in [0.3, 0.4) is 0 Å².